The van der Waals surface area contributed by atoms with Gasteiger partial charge < -0.3 is 10.1 Å². The Kier molecular flexibility index (Phi) is 2.85. The first-order chi connectivity index (χ1) is 8.36. The second-order valence-corrected chi connectivity index (χ2v) is 4.89. The van der Waals surface area contributed by atoms with Crippen molar-refractivity contribution in [2.24, 2.45) is 5.92 Å². The van der Waals surface area contributed by atoms with Crippen LogP contribution in [0.15, 0.2) is 24.5 Å². The lowest BCUT2D eigenvalue weighted by molar-refractivity contribution is 0.341. The van der Waals surface area contributed by atoms with E-state index in [2.05, 4.69) is 22.4 Å². The van der Waals surface area contributed by atoms with Gasteiger partial charge in [0.1, 0.15) is 5.75 Å². The number of nitrogens with zero attached hydrogens (tertiary/aromatic N) is 1. The number of hydrogen-bond donors (Lipinski definition) is 1. The van der Waals surface area contributed by atoms with Crippen molar-refractivity contribution in [2.45, 2.75) is 25.3 Å². The Labute approximate surface area is 102 Å². The molecule has 1 saturated heterocycles. The number of allylic oxidation sites excluding steroid dienone is 1. The van der Waals surface area contributed by atoms with Gasteiger partial charge in [0, 0.05) is 12.2 Å². The van der Waals surface area contributed by atoms with E-state index >= 15 is 0 Å². The van der Waals surface area contributed by atoms with Crippen molar-refractivity contribution in [2.75, 3.05) is 13.7 Å². The van der Waals surface area contributed by atoms with Crippen LogP contribution in [-0.2, 0) is 0 Å². The molecule has 3 heteroatoms. The van der Waals surface area contributed by atoms with Gasteiger partial charge >= 0.3 is 0 Å². The molecule has 2 atom stereocenters. The maximum atomic E-state index is 5.23. The van der Waals surface area contributed by atoms with Crippen molar-refractivity contribution in [1.82, 2.24) is 10.3 Å². The molecule has 90 valence electrons. The van der Waals surface area contributed by atoms with Crippen LogP contribution >= 0.6 is 0 Å². The fourth-order valence-corrected chi connectivity index (χ4v) is 2.89. The molecule has 1 aromatic rings. The zero-order chi connectivity index (χ0) is 11.7. The van der Waals surface area contributed by atoms with Crippen LogP contribution < -0.4 is 10.1 Å². The van der Waals surface area contributed by atoms with Crippen LogP contribution in [0.4, 0.5) is 0 Å². The topological polar surface area (TPSA) is 34.1 Å². The largest absolute Gasteiger partial charge is 0.495 e. The minimum absolute atomic E-state index is 0.574. The molecule has 1 fully saturated rings. The molecule has 17 heavy (non-hydrogen) atoms. The van der Waals surface area contributed by atoms with Crippen molar-refractivity contribution in [3.05, 3.63) is 30.1 Å². The van der Waals surface area contributed by atoms with E-state index in [1.54, 1.807) is 13.3 Å². The molecule has 2 heterocycles. The van der Waals surface area contributed by atoms with E-state index in [1.807, 2.05) is 6.20 Å². The summed E-state index contributed by atoms with van der Waals surface area (Å²) in [6.45, 7) is 1.15. The van der Waals surface area contributed by atoms with Gasteiger partial charge in [0.25, 0.3) is 0 Å². The van der Waals surface area contributed by atoms with Crippen molar-refractivity contribution < 1.29 is 4.74 Å². The van der Waals surface area contributed by atoms with Crippen LogP contribution in [0.25, 0.3) is 5.57 Å². The zero-order valence-electron chi connectivity index (χ0n) is 10.1. The van der Waals surface area contributed by atoms with E-state index in [1.165, 1.54) is 30.4 Å². The first-order valence-corrected chi connectivity index (χ1v) is 6.30. The molecule has 0 amide bonds. The molecule has 3 nitrogen and oxygen atoms in total. The summed E-state index contributed by atoms with van der Waals surface area (Å²) in [5, 5.41) is 3.58. The van der Waals surface area contributed by atoms with Gasteiger partial charge in [-0.2, -0.15) is 0 Å². The second kappa shape index (κ2) is 4.49. The summed E-state index contributed by atoms with van der Waals surface area (Å²) >= 11 is 0. The quantitative estimate of drug-likeness (QED) is 0.846. The minimum Gasteiger partial charge on any atom is -0.495 e. The summed E-state index contributed by atoms with van der Waals surface area (Å²) in [6, 6.07) is 2.65. The summed E-state index contributed by atoms with van der Waals surface area (Å²) in [5.74, 6) is 1.62. The van der Waals surface area contributed by atoms with Crippen LogP contribution in [0.5, 0.6) is 5.75 Å². The Morgan fingerprint density at radius 2 is 2.35 bits per heavy atom. The lowest BCUT2D eigenvalue weighted by atomic mass is 9.92. The van der Waals surface area contributed by atoms with Crippen LogP contribution in [0.1, 0.15) is 24.8 Å². The summed E-state index contributed by atoms with van der Waals surface area (Å²) in [7, 11) is 1.69. The highest BCUT2D eigenvalue weighted by atomic mass is 16.5. The average Bonchev–Trinajstić information content (AvgIpc) is 2.82. The third kappa shape index (κ3) is 2.07. The third-order valence-corrected chi connectivity index (χ3v) is 3.82. The van der Waals surface area contributed by atoms with Gasteiger partial charge in [0.2, 0.25) is 0 Å². The molecule has 1 N–H and O–H groups in total. The van der Waals surface area contributed by atoms with Crippen molar-refractivity contribution >= 4 is 5.57 Å². The predicted molar refractivity (Wildman–Crippen MR) is 67.9 cm³/mol. The minimum atomic E-state index is 0.574. The summed E-state index contributed by atoms with van der Waals surface area (Å²) < 4.78 is 5.23. The lowest BCUT2D eigenvalue weighted by Gasteiger charge is -2.25. The molecule has 3 rings (SSSR count). The van der Waals surface area contributed by atoms with Gasteiger partial charge in [-0.3, -0.25) is 4.98 Å². The molecule has 0 bridgehead atoms. The highest BCUT2D eigenvalue weighted by molar-refractivity contribution is 5.69. The highest BCUT2D eigenvalue weighted by Crippen LogP contribution is 2.37. The smallest absolute Gasteiger partial charge is 0.137 e. The first-order valence-electron chi connectivity index (χ1n) is 6.30. The maximum absolute atomic E-state index is 5.23. The Morgan fingerprint density at radius 1 is 1.41 bits per heavy atom. The van der Waals surface area contributed by atoms with E-state index in [9.17, 15) is 0 Å². The standard InChI is InChI=1S/C14H18N2O/c1-17-13-6-12(8-15-9-13)11-5-10-3-2-4-16-14(10)7-11/h6-10,14,16H,2-5H2,1H3/t10-,14+/m1/s1. The van der Waals surface area contributed by atoms with Gasteiger partial charge in [-0.15, -0.1) is 0 Å². The normalized spacial score (nSPS) is 27.5. The average molecular weight is 230 g/mol. The molecule has 2 aliphatic rings. The van der Waals surface area contributed by atoms with Gasteiger partial charge in [0.05, 0.1) is 13.3 Å². The number of piperidine rings is 1. The Hall–Kier alpha value is -1.35. The van der Waals surface area contributed by atoms with Crippen LogP contribution in [0.2, 0.25) is 0 Å². The number of rotatable bonds is 2. The van der Waals surface area contributed by atoms with Gasteiger partial charge in [-0.1, -0.05) is 6.08 Å². The number of pyridine rings is 1. The van der Waals surface area contributed by atoms with E-state index < -0.39 is 0 Å². The number of ether oxygens (including phenoxy) is 1. The van der Waals surface area contributed by atoms with Crippen LogP contribution in [0, 0.1) is 5.92 Å². The number of nitrogens with one attached hydrogen (secondary N) is 1. The molecule has 1 aliphatic carbocycles. The van der Waals surface area contributed by atoms with Crippen molar-refractivity contribution in [1.29, 1.82) is 0 Å². The summed E-state index contributed by atoms with van der Waals surface area (Å²) in [5.41, 5.74) is 2.63. The molecular weight excluding hydrogens is 212 g/mol. The van der Waals surface area contributed by atoms with Gasteiger partial charge in [-0.05, 0) is 48.9 Å². The van der Waals surface area contributed by atoms with Gasteiger partial charge in [0.15, 0.2) is 0 Å². The molecule has 0 aromatic carbocycles. The molecular formula is C14H18N2O. The fraction of sp³-hybridized carbons (Fsp3) is 0.500. The number of methoxy groups -OCH3 is 1. The lowest BCUT2D eigenvalue weighted by Crippen LogP contribution is -2.37. The zero-order valence-corrected chi connectivity index (χ0v) is 10.1. The molecule has 1 aromatic heterocycles. The number of hydrogen-bond acceptors (Lipinski definition) is 3. The Bertz CT molecular complexity index is 442. The fourth-order valence-electron chi connectivity index (χ4n) is 2.89. The molecule has 1 aliphatic heterocycles. The Balaban J connectivity index is 1.84. The molecule has 0 radical (unpaired) electrons. The monoisotopic (exact) mass is 230 g/mol. The van der Waals surface area contributed by atoms with Crippen LogP contribution in [0.3, 0.4) is 0 Å². The molecule has 0 saturated carbocycles. The van der Waals surface area contributed by atoms with E-state index in [0.717, 1.165) is 18.2 Å². The van der Waals surface area contributed by atoms with E-state index in [0.29, 0.717) is 6.04 Å². The molecule has 0 spiro atoms. The third-order valence-electron chi connectivity index (χ3n) is 3.82. The van der Waals surface area contributed by atoms with Crippen molar-refractivity contribution in [3.63, 3.8) is 0 Å². The van der Waals surface area contributed by atoms with E-state index in [-0.39, 0.29) is 0 Å². The van der Waals surface area contributed by atoms with E-state index in [4.69, 9.17) is 4.74 Å². The highest BCUT2D eigenvalue weighted by Gasteiger charge is 2.29. The predicted octanol–water partition coefficient (Wildman–Crippen LogP) is 2.25. The summed E-state index contributed by atoms with van der Waals surface area (Å²) in [4.78, 5) is 4.23. The molecule has 0 unspecified atom stereocenters. The first kappa shape index (κ1) is 10.8. The van der Waals surface area contributed by atoms with Gasteiger partial charge in [-0.25, -0.2) is 0 Å². The second-order valence-electron chi connectivity index (χ2n) is 4.89. The summed E-state index contributed by atoms with van der Waals surface area (Å²) in [6.07, 6.45) is 9.89. The number of fused-ring (bicyclic) bond motifs is 1. The SMILES string of the molecule is COc1cncc(C2=C[C@@H]3NCCC[C@@H]3C2)c1. The number of aromatic nitrogens is 1. The van der Waals surface area contributed by atoms with Crippen LogP contribution in [-0.4, -0.2) is 24.7 Å². The Morgan fingerprint density at radius 3 is 3.18 bits per heavy atom. The maximum Gasteiger partial charge on any atom is 0.137 e. The van der Waals surface area contributed by atoms with Crippen molar-refractivity contribution in [3.8, 4) is 5.75 Å².